The fourth-order valence-corrected chi connectivity index (χ4v) is 2.44. The van der Waals surface area contributed by atoms with Crippen LogP contribution in [0.3, 0.4) is 0 Å². The highest BCUT2D eigenvalue weighted by atomic mass is 19.4. The third-order valence-electron chi connectivity index (χ3n) is 3.65. The van der Waals surface area contributed by atoms with Gasteiger partial charge in [-0.25, -0.2) is 9.78 Å². The van der Waals surface area contributed by atoms with Crippen molar-refractivity contribution < 1.29 is 36.2 Å². The molecule has 0 saturated carbocycles. The van der Waals surface area contributed by atoms with E-state index in [0.717, 1.165) is 0 Å². The number of halogens is 6. The molecule has 154 valence electrons. The summed E-state index contributed by atoms with van der Waals surface area (Å²) >= 11 is 0. The van der Waals surface area contributed by atoms with Gasteiger partial charge in [0, 0.05) is 18.9 Å². The van der Waals surface area contributed by atoms with Gasteiger partial charge in [-0.2, -0.15) is 26.3 Å². The topological polar surface area (TPSA) is 104 Å². The monoisotopic (exact) mass is 420 g/mol. The summed E-state index contributed by atoms with van der Waals surface area (Å²) in [6.07, 6.45) is -8.79. The number of aromatic nitrogens is 4. The molecule has 0 aliphatic rings. The lowest BCUT2D eigenvalue weighted by atomic mass is 10.0. The Morgan fingerprint density at radius 3 is 2.21 bits per heavy atom. The molecule has 8 nitrogen and oxygen atoms in total. The van der Waals surface area contributed by atoms with E-state index in [4.69, 9.17) is 5.11 Å². The maximum Gasteiger partial charge on any atom is 0.416 e. The minimum absolute atomic E-state index is 0.0132. The first-order valence-corrected chi connectivity index (χ1v) is 7.67. The first kappa shape index (κ1) is 20.2. The summed E-state index contributed by atoms with van der Waals surface area (Å²) in [5.41, 5.74) is -3.16. The maximum absolute atomic E-state index is 12.9. The van der Waals surface area contributed by atoms with Gasteiger partial charge in [0.25, 0.3) is 0 Å². The van der Waals surface area contributed by atoms with Crippen molar-refractivity contribution in [3.05, 3.63) is 47.3 Å². The van der Waals surface area contributed by atoms with Crippen LogP contribution in [0.25, 0.3) is 5.65 Å². The first-order valence-electron chi connectivity index (χ1n) is 7.67. The van der Waals surface area contributed by atoms with Crippen LogP contribution in [0.1, 0.15) is 16.7 Å². The van der Waals surface area contributed by atoms with E-state index in [0.29, 0.717) is 12.1 Å². The summed E-state index contributed by atoms with van der Waals surface area (Å²) in [4.78, 5) is 14.6. The van der Waals surface area contributed by atoms with Gasteiger partial charge in [0.1, 0.15) is 0 Å². The molecule has 1 amide bonds. The number of carboxylic acid groups (broad SMARTS) is 1. The van der Waals surface area contributed by atoms with E-state index in [-0.39, 0.29) is 29.0 Å². The molecule has 0 saturated heterocycles. The molecule has 14 heteroatoms. The Bertz CT molecular complexity index is 1030. The van der Waals surface area contributed by atoms with Crippen LogP contribution in [0.15, 0.2) is 30.6 Å². The van der Waals surface area contributed by atoms with E-state index >= 15 is 0 Å². The summed E-state index contributed by atoms with van der Waals surface area (Å²) in [6.45, 7) is -0.436. The molecular weight excluding hydrogens is 410 g/mol. The van der Waals surface area contributed by atoms with Gasteiger partial charge in [0.05, 0.1) is 11.1 Å². The highest BCUT2D eigenvalue weighted by Crippen LogP contribution is 2.36. The average Bonchev–Trinajstić information content (AvgIpc) is 3.01. The molecule has 29 heavy (non-hydrogen) atoms. The fraction of sp³-hybridized carbons (Fsp3) is 0.200. The van der Waals surface area contributed by atoms with Crippen LogP contribution in [-0.2, 0) is 18.9 Å². The second-order valence-corrected chi connectivity index (χ2v) is 5.69. The largest absolute Gasteiger partial charge is 0.465 e. The number of nitrogens with zero attached hydrogens (tertiary/aromatic N) is 4. The number of anilines is 2. The minimum atomic E-state index is -4.96. The molecular formula is C15H10F6N6O2. The van der Waals surface area contributed by atoms with Gasteiger partial charge in [-0.05, 0) is 23.8 Å². The Labute approximate surface area is 157 Å². The zero-order chi connectivity index (χ0) is 21.4. The summed E-state index contributed by atoms with van der Waals surface area (Å²) in [5.74, 6) is -0.194. The van der Waals surface area contributed by atoms with Crippen LogP contribution < -0.4 is 10.6 Å². The maximum atomic E-state index is 12.9. The summed E-state index contributed by atoms with van der Waals surface area (Å²) in [5, 5.41) is 20.6. The standard InChI is InChI=1S/C15H10F6N6O2/c16-14(17,18)8-3-7(4-9(5-8)15(19,20)21)6-23-10-11-25-26-12(24-13(28)29)27(11)2-1-22-10/h1-5H,6H2,(H,22,23)(H,24,26)(H,28,29). The summed E-state index contributed by atoms with van der Waals surface area (Å²) < 4.78 is 78.8. The molecule has 0 aliphatic carbocycles. The highest BCUT2D eigenvalue weighted by molar-refractivity contribution is 5.81. The Kier molecular flexibility index (Phi) is 4.94. The van der Waals surface area contributed by atoms with Crippen molar-refractivity contribution in [2.45, 2.75) is 18.9 Å². The number of amides is 1. The predicted molar refractivity (Wildman–Crippen MR) is 86.2 cm³/mol. The zero-order valence-corrected chi connectivity index (χ0v) is 14.0. The molecule has 0 fully saturated rings. The molecule has 0 aliphatic heterocycles. The van der Waals surface area contributed by atoms with Crippen molar-refractivity contribution in [3.63, 3.8) is 0 Å². The number of nitrogens with one attached hydrogen (secondary N) is 2. The van der Waals surface area contributed by atoms with Crippen LogP contribution in [0.5, 0.6) is 0 Å². The smallest absolute Gasteiger partial charge is 0.416 e. The number of benzene rings is 1. The molecule has 0 bridgehead atoms. The van der Waals surface area contributed by atoms with Gasteiger partial charge >= 0.3 is 18.4 Å². The normalized spacial score (nSPS) is 12.2. The number of carbonyl (C=O) groups is 1. The van der Waals surface area contributed by atoms with Crippen molar-refractivity contribution in [1.82, 2.24) is 19.6 Å². The van der Waals surface area contributed by atoms with E-state index in [1.807, 2.05) is 5.32 Å². The van der Waals surface area contributed by atoms with Crippen LogP contribution in [0.2, 0.25) is 0 Å². The molecule has 0 atom stereocenters. The number of rotatable bonds is 4. The quantitative estimate of drug-likeness (QED) is 0.554. The van der Waals surface area contributed by atoms with E-state index in [2.05, 4.69) is 20.5 Å². The molecule has 3 N–H and O–H groups in total. The third kappa shape index (κ3) is 4.47. The minimum Gasteiger partial charge on any atom is -0.465 e. The SMILES string of the molecule is O=C(O)Nc1nnc2c(NCc3cc(C(F)(F)F)cc(C(F)(F)F)c3)nccn12. The van der Waals surface area contributed by atoms with Crippen LogP contribution in [0, 0.1) is 0 Å². The van der Waals surface area contributed by atoms with Crippen LogP contribution >= 0.6 is 0 Å². The fourth-order valence-electron chi connectivity index (χ4n) is 2.44. The Balaban J connectivity index is 1.92. The average molecular weight is 420 g/mol. The van der Waals surface area contributed by atoms with Gasteiger partial charge in [0.15, 0.2) is 5.82 Å². The van der Waals surface area contributed by atoms with E-state index in [9.17, 15) is 31.1 Å². The Morgan fingerprint density at radius 1 is 1.03 bits per heavy atom. The second kappa shape index (κ2) is 7.10. The second-order valence-electron chi connectivity index (χ2n) is 5.69. The van der Waals surface area contributed by atoms with Gasteiger partial charge in [-0.1, -0.05) is 0 Å². The highest BCUT2D eigenvalue weighted by Gasteiger charge is 2.36. The Hall–Kier alpha value is -3.58. The Morgan fingerprint density at radius 2 is 1.66 bits per heavy atom. The molecule has 2 aromatic heterocycles. The molecule has 1 aromatic carbocycles. The van der Waals surface area contributed by atoms with Gasteiger partial charge in [-0.3, -0.25) is 9.72 Å². The van der Waals surface area contributed by atoms with Crippen molar-refractivity contribution in [1.29, 1.82) is 0 Å². The number of hydrogen-bond acceptors (Lipinski definition) is 5. The molecule has 0 spiro atoms. The van der Waals surface area contributed by atoms with Crippen molar-refractivity contribution in [2.75, 3.05) is 10.6 Å². The van der Waals surface area contributed by atoms with E-state index in [1.54, 1.807) is 0 Å². The number of fused-ring (bicyclic) bond motifs is 1. The third-order valence-corrected chi connectivity index (χ3v) is 3.65. The lowest BCUT2D eigenvalue weighted by Gasteiger charge is -2.15. The number of alkyl halides is 6. The molecule has 2 heterocycles. The van der Waals surface area contributed by atoms with Gasteiger partial charge in [-0.15, -0.1) is 10.2 Å². The summed E-state index contributed by atoms with van der Waals surface area (Å²) in [7, 11) is 0. The molecule has 0 unspecified atom stereocenters. The summed E-state index contributed by atoms with van der Waals surface area (Å²) in [6, 6.07) is 1.21. The molecule has 3 aromatic rings. The number of hydrogen-bond donors (Lipinski definition) is 3. The zero-order valence-electron chi connectivity index (χ0n) is 14.0. The first-order chi connectivity index (χ1) is 13.4. The predicted octanol–water partition coefficient (Wildman–Crippen LogP) is 3.86. The lowest BCUT2D eigenvalue weighted by molar-refractivity contribution is -0.143. The van der Waals surface area contributed by atoms with E-state index in [1.165, 1.54) is 16.8 Å². The van der Waals surface area contributed by atoms with Crippen LogP contribution in [0.4, 0.5) is 42.9 Å². The van der Waals surface area contributed by atoms with Crippen molar-refractivity contribution in [2.24, 2.45) is 0 Å². The van der Waals surface area contributed by atoms with Crippen molar-refractivity contribution >= 4 is 23.5 Å². The van der Waals surface area contributed by atoms with Crippen molar-refractivity contribution in [3.8, 4) is 0 Å². The molecule has 0 radical (unpaired) electrons. The molecule has 3 rings (SSSR count). The van der Waals surface area contributed by atoms with Crippen LogP contribution in [-0.4, -0.2) is 30.8 Å². The van der Waals surface area contributed by atoms with E-state index < -0.39 is 36.1 Å². The van der Waals surface area contributed by atoms with Gasteiger partial charge < -0.3 is 10.4 Å². The van der Waals surface area contributed by atoms with Gasteiger partial charge in [0.2, 0.25) is 11.6 Å². The lowest BCUT2D eigenvalue weighted by Crippen LogP contribution is -2.13.